The molecule has 0 aliphatic heterocycles. The van der Waals surface area contributed by atoms with Crippen LogP contribution < -0.4 is 10.1 Å². The zero-order chi connectivity index (χ0) is 13.0. The second kappa shape index (κ2) is 6.55. The molecule has 0 heterocycles. The third-order valence-electron chi connectivity index (χ3n) is 3.34. The maximum absolute atomic E-state index is 9.91. The van der Waals surface area contributed by atoms with E-state index in [9.17, 15) is 5.11 Å². The van der Waals surface area contributed by atoms with Crippen LogP contribution in [-0.4, -0.2) is 24.4 Å². The number of ether oxygens (including phenoxy) is 1. The Balaban J connectivity index is 2.06. The average Bonchev–Trinajstić information content (AvgIpc) is 2.36. The second-order valence-electron chi connectivity index (χ2n) is 4.79. The lowest BCUT2D eigenvalue weighted by Gasteiger charge is -2.28. The second-order valence-corrected chi connectivity index (χ2v) is 5.65. The molecule has 1 aromatic rings. The molecule has 100 valence electrons. The molecule has 1 fully saturated rings. The standard InChI is InChI=1S/C14H20BrNO2/c1-16-9-10-8-11(6-7-12(10)15)18-14-5-3-2-4-13(14)17/h6-8,13-14,16-17H,2-5,9H2,1H3. The van der Waals surface area contributed by atoms with E-state index in [2.05, 4.69) is 21.2 Å². The minimum atomic E-state index is -0.324. The van der Waals surface area contributed by atoms with Gasteiger partial charge in [-0.2, -0.15) is 0 Å². The van der Waals surface area contributed by atoms with Gasteiger partial charge < -0.3 is 15.2 Å². The Morgan fingerprint density at radius 3 is 2.89 bits per heavy atom. The summed E-state index contributed by atoms with van der Waals surface area (Å²) in [5.41, 5.74) is 1.17. The van der Waals surface area contributed by atoms with E-state index in [4.69, 9.17) is 4.74 Å². The van der Waals surface area contributed by atoms with Crippen LogP contribution in [0.4, 0.5) is 0 Å². The topological polar surface area (TPSA) is 41.5 Å². The molecule has 0 amide bonds. The molecule has 0 saturated heterocycles. The van der Waals surface area contributed by atoms with Crippen molar-refractivity contribution in [1.82, 2.24) is 5.32 Å². The Kier molecular flexibility index (Phi) is 5.03. The molecule has 1 saturated carbocycles. The molecular weight excluding hydrogens is 294 g/mol. The molecule has 1 aromatic carbocycles. The van der Waals surface area contributed by atoms with Crippen molar-refractivity contribution >= 4 is 15.9 Å². The van der Waals surface area contributed by atoms with Crippen LogP contribution >= 0.6 is 15.9 Å². The third kappa shape index (κ3) is 3.46. The van der Waals surface area contributed by atoms with Gasteiger partial charge >= 0.3 is 0 Å². The molecule has 2 atom stereocenters. The van der Waals surface area contributed by atoms with Gasteiger partial charge in [0.25, 0.3) is 0 Å². The largest absolute Gasteiger partial charge is 0.488 e. The lowest BCUT2D eigenvalue weighted by molar-refractivity contribution is 0.00683. The van der Waals surface area contributed by atoms with Crippen LogP contribution in [0.1, 0.15) is 31.2 Å². The summed E-state index contributed by atoms with van der Waals surface area (Å²) in [4.78, 5) is 0. The summed E-state index contributed by atoms with van der Waals surface area (Å²) in [5, 5.41) is 13.0. The maximum Gasteiger partial charge on any atom is 0.124 e. The predicted molar refractivity (Wildman–Crippen MR) is 75.8 cm³/mol. The van der Waals surface area contributed by atoms with E-state index in [0.717, 1.165) is 42.5 Å². The number of benzene rings is 1. The van der Waals surface area contributed by atoms with Crippen molar-refractivity contribution in [2.24, 2.45) is 0 Å². The first-order valence-electron chi connectivity index (χ1n) is 6.48. The Hall–Kier alpha value is -0.580. The first kappa shape index (κ1) is 13.8. The number of hydrogen-bond donors (Lipinski definition) is 2. The number of nitrogens with one attached hydrogen (secondary N) is 1. The summed E-state index contributed by atoms with van der Waals surface area (Å²) in [5.74, 6) is 0.842. The van der Waals surface area contributed by atoms with E-state index in [0.29, 0.717) is 0 Å². The third-order valence-corrected chi connectivity index (χ3v) is 4.11. The van der Waals surface area contributed by atoms with E-state index < -0.39 is 0 Å². The van der Waals surface area contributed by atoms with Gasteiger partial charge in [-0.05, 0) is 50.1 Å². The minimum absolute atomic E-state index is 0.0534. The summed E-state index contributed by atoms with van der Waals surface area (Å²) in [6, 6.07) is 5.98. The minimum Gasteiger partial charge on any atom is -0.488 e. The van der Waals surface area contributed by atoms with Crippen molar-refractivity contribution in [3.8, 4) is 5.75 Å². The molecule has 2 N–H and O–H groups in total. The molecule has 3 nitrogen and oxygen atoms in total. The Morgan fingerprint density at radius 2 is 2.17 bits per heavy atom. The predicted octanol–water partition coefficient (Wildman–Crippen LogP) is 2.85. The van der Waals surface area contributed by atoms with E-state index in [1.54, 1.807) is 0 Å². The molecule has 1 aliphatic rings. The van der Waals surface area contributed by atoms with Gasteiger partial charge in [-0.3, -0.25) is 0 Å². The fourth-order valence-corrected chi connectivity index (χ4v) is 2.73. The van der Waals surface area contributed by atoms with Crippen LogP contribution in [0.5, 0.6) is 5.75 Å². The zero-order valence-electron chi connectivity index (χ0n) is 10.7. The molecule has 0 radical (unpaired) electrons. The first-order chi connectivity index (χ1) is 8.70. The van der Waals surface area contributed by atoms with Gasteiger partial charge in [0, 0.05) is 11.0 Å². The average molecular weight is 314 g/mol. The summed E-state index contributed by atoms with van der Waals surface area (Å²) >= 11 is 3.52. The van der Waals surface area contributed by atoms with Gasteiger partial charge in [0.1, 0.15) is 11.9 Å². The fourth-order valence-electron chi connectivity index (χ4n) is 2.34. The van der Waals surface area contributed by atoms with Crippen molar-refractivity contribution in [2.75, 3.05) is 7.05 Å². The highest BCUT2D eigenvalue weighted by molar-refractivity contribution is 9.10. The highest BCUT2D eigenvalue weighted by atomic mass is 79.9. The van der Waals surface area contributed by atoms with Crippen LogP contribution in [0.25, 0.3) is 0 Å². The first-order valence-corrected chi connectivity index (χ1v) is 7.27. The summed E-state index contributed by atoms with van der Waals surface area (Å²) in [6.45, 7) is 0.797. The molecule has 0 spiro atoms. The number of rotatable bonds is 4. The number of halogens is 1. The van der Waals surface area contributed by atoms with Crippen molar-refractivity contribution in [2.45, 2.75) is 44.4 Å². The van der Waals surface area contributed by atoms with Crippen molar-refractivity contribution in [1.29, 1.82) is 0 Å². The summed E-state index contributed by atoms with van der Waals surface area (Å²) in [6.07, 6.45) is 3.66. The molecule has 1 aliphatic carbocycles. The van der Waals surface area contributed by atoms with Gasteiger partial charge in [-0.25, -0.2) is 0 Å². The lowest BCUT2D eigenvalue weighted by Crippen LogP contribution is -2.34. The normalized spacial score (nSPS) is 23.9. The van der Waals surface area contributed by atoms with Gasteiger partial charge in [0.05, 0.1) is 6.10 Å². The molecule has 18 heavy (non-hydrogen) atoms. The van der Waals surface area contributed by atoms with Gasteiger partial charge in [0.15, 0.2) is 0 Å². The monoisotopic (exact) mass is 313 g/mol. The zero-order valence-corrected chi connectivity index (χ0v) is 12.2. The molecule has 4 heteroatoms. The smallest absolute Gasteiger partial charge is 0.124 e. The highest BCUT2D eigenvalue weighted by Gasteiger charge is 2.24. The summed E-state index contributed by atoms with van der Waals surface area (Å²) < 4.78 is 6.99. The van der Waals surface area contributed by atoms with Gasteiger partial charge in [-0.15, -0.1) is 0 Å². The fraction of sp³-hybridized carbons (Fsp3) is 0.571. The molecule has 2 rings (SSSR count). The molecule has 2 unspecified atom stereocenters. The molecular formula is C14H20BrNO2. The van der Waals surface area contributed by atoms with Crippen LogP contribution in [-0.2, 0) is 6.54 Å². The Bertz CT molecular complexity index is 397. The van der Waals surface area contributed by atoms with E-state index in [-0.39, 0.29) is 12.2 Å². The number of aliphatic hydroxyl groups is 1. The maximum atomic E-state index is 9.91. The van der Waals surface area contributed by atoms with Crippen molar-refractivity contribution in [3.05, 3.63) is 28.2 Å². The lowest BCUT2D eigenvalue weighted by atomic mass is 9.95. The molecule has 0 aromatic heterocycles. The Labute approximate surface area is 117 Å². The quantitative estimate of drug-likeness (QED) is 0.898. The SMILES string of the molecule is CNCc1cc(OC2CCCCC2O)ccc1Br. The van der Waals surface area contributed by atoms with Crippen LogP contribution in [0.2, 0.25) is 0 Å². The molecule has 0 bridgehead atoms. The van der Waals surface area contributed by atoms with E-state index in [1.165, 1.54) is 5.56 Å². The Morgan fingerprint density at radius 1 is 1.39 bits per heavy atom. The van der Waals surface area contributed by atoms with Crippen molar-refractivity contribution < 1.29 is 9.84 Å². The van der Waals surface area contributed by atoms with Crippen LogP contribution in [0.3, 0.4) is 0 Å². The number of aliphatic hydroxyl groups excluding tert-OH is 1. The van der Waals surface area contributed by atoms with Gasteiger partial charge in [0.2, 0.25) is 0 Å². The van der Waals surface area contributed by atoms with E-state index in [1.807, 2.05) is 25.2 Å². The summed E-state index contributed by atoms with van der Waals surface area (Å²) in [7, 11) is 1.92. The van der Waals surface area contributed by atoms with Crippen LogP contribution in [0.15, 0.2) is 22.7 Å². The van der Waals surface area contributed by atoms with Crippen molar-refractivity contribution in [3.63, 3.8) is 0 Å². The highest BCUT2D eigenvalue weighted by Crippen LogP contribution is 2.27. The van der Waals surface area contributed by atoms with E-state index >= 15 is 0 Å². The van der Waals surface area contributed by atoms with Gasteiger partial charge in [-0.1, -0.05) is 22.4 Å². The van der Waals surface area contributed by atoms with Crippen LogP contribution in [0, 0.1) is 0 Å². The number of hydrogen-bond acceptors (Lipinski definition) is 3.